The molecule has 1 aromatic heterocycles. The first-order valence-corrected chi connectivity index (χ1v) is 8.76. The van der Waals surface area contributed by atoms with Crippen LogP contribution < -0.4 is 5.32 Å². The third kappa shape index (κ3) is 2.25. The predicted molar refractivity (Wildman–Crippen MR) is 78.1 cm³/mol. The molecular weight excluding hydrogens is 290 g/mol. The maximum absolute atomic E-state index is 12.6. The van der Waals surface area contributed by atoms with Crippen LogP contribution in [-0.2, 0) is 15.8 Å². The van der Waals surface area contributed by atoms with E-state index in [-0.39, 0.29) is 5.75 Å². The van der Waals surface area contributed by atoms with Crippen LogP contribution in [-0.4, -0.2) is 44.1 Å². The molecular formula is C14H17N3O3S. The van der Waals surface area contributed by atoms with E-state index in [1.54, 1.807) is 10.4 Å². The van der Waals surface area contributed by atoms with Crippen LogP contribution in [0.2, 0.25) is 0 Å². The summed E-state index contributed by atoms with van der Waals surface area (Å²) in [6.45, 7) is 3.08. The molecule has 2 aromatic rings. The van der Waals surface area contributed by atoms with Gasteiger partial charge in [-0.3, -0.25) is 0 Å². The number of aromatic nitrogens is 1. The molecule has 0 bridgehead atoms. The molecule has 0 spiro atoms. The summed E-state index contributed by atoms with van der Waals surface area (Å²) in [4.78, 5) is 0. The molecule has 2 aliphatic rings. The number of nitrogens with zero attached hydrogens (tertiary/aromatic N) is 2. The van der Waals surface area contributed by atoms with Crippen LogP contribution in [0.15, 0.2) is 28.8 Å². The standard InChI is InChI=1S/C14H17N3O3S/c18-21(19,17-7-10-5-15-6-11(10)8-17)9-13-12-3-1-2-4-14(12)20-16-13/h1-4,10-11,15H,5-9H2/t10-,11+. The zero-order chi connectivity index (χ0) is 14.4. The van der Waals surface area contributed by atoms with Gasteiger partial charge in [0.15, 0.2) is 5.58 Å². The van der Waals surface area contributed by atoms with Gasteiger partial charge in [-0.05, 0) is 37.1 Å². The van der Waals surface area contributed by atoms with Crippen molar-refractivity contribution in [1.29, 1.82) is 0 Å². The summed E-state index contributed by atoms with van der Waals surface area (Å²) in [5, 5.41) is 8.03. The summed E-state index contributed by atoms with van der Waals surface area (Å²) in [5.74, 6) is 0.819. The lowest BCUT2D eigenvalue weighted by Gasteiger charge is -2.16. The molecule has 1 aromatic carbocycles. The molecule has 0 radical (unpaired) electrons. The van der Waals surface area contributed by atoms with Crippen molar-refractivity contribution in [3.63, 3.8) is 0 Å². The van der Waals surface area contributed by atoms with Gasteiger partial charge in [-0.1, -0.05) is 17.3 Å². The van der Waals surface area contributed by atoms with Crippen molar-refractivity contribution in [2.75, 3.05) is 26.2 Å². The molecule has 0 aliphatic carbocycles. The highest BCUT2D eigenvalue weighted by molar-refractivity contribution is 7.88. The number of rotatable bonds is 3. The van der Waals surface area contributed by atoms with Crippen LogP contribution in [0.5, 0.6) is 0 Å². The molecule has 0 amide bonds. The van der Waals surface area contributed by atoms with Crippen LogP contribution in [0.4, 0.5) is 0 Å². The van der Waals surface area contributed by atoms with Gasteiger partial charge >= 0.3 is 0 Å². The number of hydrogen-bond acceptors (Lipinski definition) is 5. The maximum atomic E-state index is 12.6. The van der Waals surface area contributed by atoms with E-state index in [1.807, 2.05) is 18.2 Å². The summed E-state index contributed by atoms with van der Waals surface area (Å²) >= 11 is 0. The fraction of sp³-hybridized carbons (Fsp3) is 0.500. The normalized spacial score (nSPS) is 26.5. The first-order valence-electron chi connectivity index (χ1n) is 7.15. The number of hydrogen-bond donors (Lipinski definition) is 1. The van der Waals surface area contributed by atoms with Gasteiger partial charge in [-0.2, -0.15) is 0 Å². The fourth-order valence-corrected chi connectivity index (χ4v) is 4.92. The Bertz CT molecular complexity index is 759. The molecule has 0 saturated carbocycles. The van der Waals surface area contributed by atoms with Crippen LogP contribution in [0, 0.1) is 11.8 Å². The van der Waals surface area contributed by atoms with Crippen molar-refractivity contribution in [1.82, 2.24) is 14.8 Å². The van der Waals surface area contributed by atoms with E-state index in [1.165, 1.54) is 0 Å². The second kappa shape index (κ2) is 4.79. The lowest BCUT2D eigenvalue weighted by atomic mass is 10.0. The molecule has 0 unspecified atom stereocenters. The van der Waals surface area contributed by atoms with Crippen LogP contribution in [0.1, 0.15) is 5.69 Å². The van der Waals surface area contributed by atoms with Crippen molar-refractivity contribution in [3.8, 4) is 0 Å². The Morgan fingerprint density at radius 1 is 1.24 bits per heavy atom. The summed E-state index contributed by atoms with van der Waals surface area (Å²) in [5.41, 5.74) is 1.13. The largest absolute Gasteiger partial charge is 0.356 e. The van der Waals surface area contributed by atoms with Gasteiger partial charge in [-0.15, -0.1) is 0 Å². The van der Waals surface area contributed by atoms with Crippen molar-refractivity contribution < 1.29 is 12.9 Å². The third-order valence-electron chi connectivity index (χ3n) is 4.52. The zero-order valence-corrected chi connectivity index (χ0v) is 12.3. The highest BCUT2D eigenvalue weighted by Crippen LogP contribution is 2.30. The topological polar surface area (TPSA) is 75.4 Å². The number of para-hydroxylation sites is 1. The van der Waals surface area contributed by atoms with Crippen LogP contribution in [0.25, 0.3) is 11.0 Å². The third-order valence-corrected chi connectivity index (χ3v) is 6.24. The molecule has 2 aliphatic heterocycles. The average molecular weight is 307 g/mol. The first-order chi connectivity index (χ1) is 10.1. The average Bonchev–Trinajstić information content (AvgIpc) is 3.12. The van der Waals surface area contributed by atoms with E-state index < -0.39 is 10.0 Å². The second-order valence-corrected chi connectivity index (χ2v) is 7.85. The van der Waals surface area contributed by atoms with E-state index in [0.29, 0.717) is 36.2 Å². The quantitative estimate of drug-likeness (QED) is 0.908. The van der Waals surface area contributed by atoms with E-state index in [9.17, 15) is 8.42 Å². The highest BCUT2D eigenvalue weighted by Gasteiger charge is 2.41. The first kappa shape index (κ1) is 13.2. The minimum absolute atomic E-state index is 0.0864. The molecule has 3 heterocycles. The number of fused-ring (bicyclic) bond motifs is 2. The van der Waals surface area contributed by atoms with Gasteiger partial charge < -0.3 is 9.84 Å². The van der Waals surface area contributed by atoms with E-state index in [0.717, 1.165) is 18.5 Å². The molecule has 2 atom stereocenters. The lowest BCUT2D eigenvalue weighted by molar-refractivity contribution is 0.436. The van der Waals surface area contributed by atoms with Crippen LogP contribution in [0.3, 0.4) is 0 Å². The Balaban J connectivity index is 1.58. The molecule has 2 fully saturated rings. The van der Waals surface area contributed by atoms with Crippen molar-refractivity contribution in [2.24, 2.45) is 11.8 Å². The van der Waals surface area contributed by atoms with Gasteiger partial charge in [-0.25, -0.2) is 12.7 Å². The van der Waals surface area contributed by atoms with Gasteiger partial charge in [0.2, 0.25) is 10.0 Å². The molecule has 4 rings (SSSR count). The minimum Gasteiger partial charge on any atom is -0.356 e. The molecule has 112 valence electrons. The Morgan fingerprint density at radius 3 is 2.71 bits per heavy atom. The van der Waals surface area contributed by atoms with E-state index in [2.05, 4.69) is 10.5 Å². The van der Waals surface area contributed by atoms with Crippen molar-refractivity contribution in [3.05, 3.63) is 30.0 Å². The second-order valence-electron chi connectivity index (χ2n) is 5.88. The smallest absolute Gasteiger partial charge is 0.220 e. The van der Waals surface area contributed by atoms with Gasteiger partial charge in [0.25, 0.3) is 0 Å². The van der Waals surface area contributed by atoms with Gasteiger partial charge in [0.05, 0.1) is 0 Å². The summed E-state index contributed by atoms with van der Waals surface area (Å²) in [7, 11) is -3.33. The predicted octanol–water partition coefficient (Wildman–Crippen LogP) is 0.809. The van der Waals surface area contributed by atoms with Gasteiger partial charge in [0, 0.05) is 18.5 Å². The Kier molecular flexibility index (Phi) is 3.02. The summed E-state index contributed by atoms with van der Waals surface area (Å²) < 4.78 is 32.0. The summed E-state index contributed by atoms with van der Waals surface area (Å²) in [6, 6.07) is 7.35. The molecule has 6 nitrogen and oxygen atoms in total. The molecule has 21 heavy (non-hydrogen) atoms. The van der Waals surface area contributed by atoms with Crippen LogP contribution >= 0.6 is 0 Å². The maximum Gasteiger partial charge on any atom is 0.220 e. The number of sulfonamides is 1. The van der Waals surface area contributed by atoms with E-state index >= 15 is 0 Å². The van der Waals surface area contributed by atoms with E-state index in [4.69, 9.17) is 4.52 Å². The minimum atomic E-state index is -3.33. The van der Waals surface area contributed by atoms with Crippen molar-refractivity contribution in [2.45, 2.75) is 5.75 Å². The zero-order valence-electron chi connectivity index (χ0n) is 11.5. The van der Waals surface area contributed by atoms with Gasteiger partial charge in [0.1, 0.15) is 11.4 Å². The highest BCUT2D eigenvalue weighted by atomic mass is 32.2. The fourth-order valence-electron chi connectivity index (χ4n) is 3.35. The van der Waals surface area contributed by atoms with Crippen molar-refractivity contribution >= 4 is 21.0 Å². The number of nitrogens with one attached hydrogen (secondary N) is 1. The monoisotopic (exact) mass is 307 g/mol. The molecule has 2 saturated heterocycles. The Hall–Kier alpha value is -1.44. The number of benzene rings is 1. The summed E-state index contributed by atoms with van der Waals surface area (Å²) in [6.07, 6.45) is 0. The lowest BCUT2D eigenvalue weighted by Crippen LogP contribution is -2.32. The SMILES string of the molecule is O=S(=O)(Cc1noc2ccccc12)N1C[C@H]2CNC[C@H]2C1. The Labute approximate surface area is 123 Å². The molecule has 7 heteroatoms. The Morgan fingerprint density at radius 2 is 1.95 bits per heavy atom. The molecule has 1 N–H and O–H groups in total.